The van der Waals surface area contributed by atoms with Crippen molar-refractivity contribution in [1.82, 2.24) is 29.9 Å². The molecule has 0 unspecified atom stereocenters. The molecule has 8 nitrogen and oxygen atoms in total. The fraction of sp³-hybridized carbons (Fsp3) is 0.250. The summed E-state index contributed by atoms with van der Waals surface area (Å²) in [5.74, 6) is 0. The van der Waals surface area contributed by atoms with Crippen LogP contribution in [-0.2, 0) is 0 Å². The lowest BCUT2D eigenvalue weighted by Crippen LogP contribution is -2.11. The maximum Gasteiger partial charge on any atom is 0.112 e. The van der Waals surface area contributed by atoms with Crippen molar-refractivity contribution in [2.24, 2.45) is 11.5 Å². The first-order valence-corrected chi connectivity index (χ1v) is 12.2. The number of hydrogen-bond acceptors (Lipinski definition) is 8. The van der Waals surface area contributed by atoms with Crippen LogP contribution in [-0.4, -0.2) is 29.9 Å². The molecule has 10 heteroatoms. The standard InChI is InChI=1S/2C12H13BrN4/c1-7-5-16-12(11(17-7)8(2)14)10-4-3-9(13)6-15-10;1-7-5-16-11(8(2)14)12(17-7)10-4-3-9(13)6-15-10/h2*3-6,8H,14H2,1-2H3/t2*8-/m00/s1. The fourth-order valence-corrected chi connectivity index (χ4v) is 3.52. The second-order valence-electron chi connectivity index (χ2n) is 7.79. The minimum absolute atomic E-state index is 0.163. The molecule has 0 aliphatic heterocycles. The summed E-state index contributed by atoms with van der Waals surface area (Å²) < 4.78 is 1.87. The van der Waals surface area contributed by atoms with E-state index in [1.807, 2.05) is 52.0 Å². The summed E-state index contributed by atoms with van der Waals surface area (Å²) in [6.45, 7) is 7.59. The van der Waals surface area contributed by atoms with Crippen molar-refractivity contribution in [2.45, 2.75) is 39.8 Å². The molecule has 2 atom stereocenters. The molecule has 0 bridgehead atoms. The van der Waals surface area contributed by atoms with Crippen LogP contribution >= 0.6 is 31.9 Å². The highest BCUT2D eigenvalue weighted by molar-refractivity contribution is 9.10. The zero-order chi connectivity index (χ0) is 24.8. The van der Waals surface area contributed by atoms with E-state index < -0.39 is 0 Å². The van der Waals surface area contributed by atoms with Gasteiger partial charge in [0.25, 0.3) is 0 Å². The Morgan fingerprint density at radius 1 is 0.618 bits per heavy atom. The van der Waals surface area contributed by atoms with Gasteiger partial charge in [0.2, 0.25) is 0 Å². The van der Waals surface area contributed by atoms with Gasteiger partial charge in [0.1, 0.15) is 11.4 Å². The lowest BCUT2D eigenvalue weighted by molar-refractivity contribution is 0.768. The van der Waals surface area contributed by atoms with Crippen molar-refractivity contribution in [3.05, 3.63) is 80.8 Å². The summed E-state index contributed by atoms with van der Waals surface area (Å²) in [5.41, 5.74) is 18.1. The van der Waals surface area contributed by atoms with Crippen LogP contribution < -0.4 is 11.5 Å². The van der Waals surface area contributed by atoms with Gasteiger partial charge >= 0.3 is 0 Å². The third-order valence-electron chi connectivity index (χ3n) is 4.64. The molecule has 0 fully saturated rings. The number of aromatic nitrogens is 6. The summed E-state index contributed by atoms with van der Waals surface area (Å²) in [5, 5.41) is 0. The van der Waals surface area contributed by atoms with E-state index in [0.717, 1.165) is 54.5 Å². The van der Waals surface area contributed by atoms with Gasteiger partial charge in [-0.25, -0.2) is 4.98 Å². The minimum Gasteiger partial charge on any atom is -0.323 e. The molecular formula is C24H26Br2N8. The molecule has 4 aromatic rings. The SMILES string of the molecule is Cc1cnc(-c2ccc(Br)cn2)c([C@H](C)N)n1.Cc1cnc([C@H](C)N)c(-c2ccc(Br)cn2)n1. The van der Waals surface area contributed by atoms with E-state index >= 15 is 0 Å². The van der Waals surface area contributed by atoms with Crippen molar-refractivity contribution in [1.29, 1.82) is 0 Å². The van der Waals surface area contributed by atoms with Crippen LogP contribution in [0.2, 0.25) is 0 Å². The van der Waals surface area contributed by atoms with E-state index in [-0.39, 0.29) is 12.1 Å². The molecular weight excluding hydrogens is 560 g/mol. The molecule has 4 rings (SSSR count). The summed E-state index contributed by atoms with van der Waals surface area (Å²) in [4.78, 5) is 26.3. The average molecular weight is 586 g/mol. The summed E-state index contributed by atoms with van der Waals surface area (Å²) in [7, 11) is 0. The summed E-state index contributed by atoms with van der Waals surface area (Å²) >= 11 is 6.71. The van der Waals surface area contributed by atoms with Gasteiger partial charge in [0.15, 0.2) is 0 Å². The summed E-state index contributed by atoms with van der Waals surface area (Å²) in [6.07, 6.45) is 6.93. The molecule has 0 aromatic carbocycles. The average Bonchev–Trinajstić information content (AvgIpc) is 2.80. The Morgan fingerprint density at radius 2 is 1.12 bits per heavy atom. The molecule has 0 saturated carbocycles. The van der Waals surface area contributed by atoms with Crippen LogP contribution in [0.4, 0.5) is 0 Å². The molecule has 4 N–H and O–H groups in total. The van der Waals surface area contributed by atoms with Crippen molar-refractivity contribution >= 4 is 31.9 Å². The minimum atomic E-state index is -0.164. The van der Waals surface area contributed by atoms with Crippen LogP contribution in [0, 0.1) is 13.8 Å². The Hall–Kier alpha value is -2.66. The molecule has 0 aliphatic rings. The Bertz CT molecular complexity index is 1240. The second kappa shape index (κ2) is 11.7. The Morgan fingerprint density at radius 3 is 1.62 bits per heavy atom. The predicted molar refractivity (Wildman–Crippen MR) is 141 cm³/mol. The number of nitrogens with two attached hydrogens (primary N) is 2. The topological polar surface area (TPSA) is 129 Å². The largest absolute Gasteiger partial charge is 0.323 e. The molecule has 4 aromatic heterocycles. The molecule has 0 radical (unpaired) electrons. The van der Waals surface area contributed by atoms with Gasteiger partial charge < -0.3 is 11.5 Å². The van der Waals surface area contributed by atoms with Gasteiger partial charge in [-0.2, -0.15) is 0 Å². The Kier molecular flexibility index (Phi) is 8.90. The van der Waals surface area contributed by atoms with Crippen molar-refractivity contribution in [3.63, 3.8) is 0 Å². The van der Waals surface area contributed by atoms with Gasteiger partial charge in [-0.1, -0.05) is 0 Å². The molecule has 0 spiro atoms. The number of rotatable bonds is 4. The van der Waals surface area contributed by atoms with Crippen LogP contribution in [0.3, 0.4) is 0 Å². The molecule has 0 aliphatic carbocycles. The first-order chi connectivity index (χ1) is 16.2. The van der Waals surface area contributed by atoms with E-state index in [0.29, 0.717) is 0 Å². The Labute approximate surface area is 216 Å². The monoisotopic (exact) mass is 584 g/mol. The van der Waals surface area contributed by atoms with Crippen LogP contribution in [0.1, 0.15) is 48.7 Å². The fourth-order valence-electron chi connectivity index (χ4n) is 3.05. The van der Waals surface area contributed by atoms with Gasteiger partial charge in [-0.3, -0.25) is 24.9 Å². The highest BCUT2D eigenvalue weighted by Crippen LogP contribution is 2.24. The second-order valence-corrected chi connectivity index (χ2v) is 9.62. The number of aryl methyl sites for hydroxylation is 2. The zero-order valence-corrected chi connectivity index (χ0v) is 22.5. The third kappa shape index (κ3) is 6.69. The first-order valence-electron chi connectivity index (χ1n) is 10.6. The normalized spacial score (nSPS) is 12.5. The van der Waals surface area contributed by atoms with E-state index in [4.69, 9.17) is 11.5 Å². The van der Waals surface area contributed by atoms with E-state index in [9.17, 15) is 0 Å². The van der Waals surface area contributed by atoms with E-state index in [1.54, 1.807) is 24.8 Å². The predicted octanol–water partition coefficient (Wildman–Crippen LogP) is 5.26. The Balaban J connectivity index is 0.000000191. The first kappa shape index (κ1) is 26.0. The van der Waals surface area contributed by atoms with Gasteiger partial charge in [-0.15, -0.1) is 0 Å². The van der Waals surface area contributed by atoms with Crippen molar-refractivity contribution < 1.29 is 0 Å². The smallest absolute Gasteiger partial charge is 0.112 e. The number of halogens is 2. The van der Waals surface area contributed by atoms with Crippen molar-refractivity contribution in [2.75, 3.05) is 0 Å². The highest BCUT2D eigenvalue weighted by atomic mass is 79.9. The maximum absolute atomic E-state index is 5.91. The van der Waals surface area contributed by atoms with Crippen LogP contribution in [0.25, 0.3) is 22.8 Å². The number of pyridine rings is 2. The lowest BCUT2D eigenvalue weighted by Gasteiger charge is -2.10. The van der Waals surface area contributed by atoms with Crippen LogP contribution in [0.15, 0.2) is 58.0 Å². The quantitative estimate of drug-likeness (QED) is 0.332. The summed E-state index contributed by atoms with van der Waals surface area (Å²) in [6, 6.07) is 7.33. The van der Waals surface area contributed by atoms with E-state index in [2.05, 4.69) is 61.8 Å². The molecule has 4 heterocycles. The van der Waals surface area contributed by atoms with Crippen molar-refractivity contribution in [3.8, 4) is 22.8 Å². The van der Waals surface area contributed by atoms with Crippen LogP contribution in [0.5, 0.6) is 0 Å². The van der Waals surface area contributed by atoms with Gasteiger partial charge in [0.05, 0.1) is 34.2 Å². The maximum atomic E-state index is 5.91. The van der Waals surface area contributed by atoms with Gasteiger partial charge in [0, 0.05) is 45.8 Å². The highest BCUT2D eigenvalue weighted by Gasteiger charge is 2.14. The third-order valence-corrected chi connectivity index (χ3v) is 5.58. The van der Waals surface area contributed by atoms with Gasteiger partial charge in [-0.05, 0) is 83.8 Å². The number of hydrogen-bond donors (Lipinski definition) is 2. The molecule has 176 valence electrons. The molecule has 0 saturated heterocycles. The number of nitrogens with zero attached hydrogens (tertiary/aromatic N) is 6. The molecule has 0 amide bonds. The molecule has 34 heavy (non-hydrogen) atoms. The lowest BCUT2D eigenvalue weighted by atomic mass is 10.1. The zero-order valence-electron chi connectivity index (χ0n) is 19.4. The van der Waals surface area contributed by atoms with E-state index in [1.165, 1.54) is 0 Å².